The zero-order valence-electron chi connectivity index (χ0n) is 17.1. The number of nitrogens with zero attached hydrogens (tertiary/aromatic N) is 1. The zero-order valence-corrected chi connectivity index (χ0v) is 17.9. The molecular weight excluding hydrogens is 382 g/mol. The summed E-state index contributed by atoms with van der Waals surface area (Å²) in [6.07, 6.45) is 0. The number of benzene rings is 3. The van der Waals surface area contributed by atoms with E-state index in [0.717, 1.165) is 22.4 Å². The highest BCUT2D eigenvalue weighted by atomic mass is 35.5. The molecule has 0 bridgehead atoms. The highest BCUT2D eigenvalue weighted by Gasteiger charge is 2.33. The first-order valence-corrected chi connectivity index (χ1v) is 9.53. The second-order valence-electron chi connectivity index (χ2n) is 7.23. The number of hydrogen-bond donors (Lipinski definition) is 0. The molecule has 3 nitrogen and oxygen atoms in total. The first-order chi connectivity index (χ1) is 13.6. The van der Waals surface area contributed by atoms with Gasteiger partial charge in [0, 0.05) is 29.5 Å². The Morgan fingerprint density at radius 2 is 1.41 bits per heavy atom. The molecule has 3 aromatic rings. The van der Waals surface area contributed by atoms with E-state index in [1.54, 1.807) is 7.11 Å². The maximum Gasteiger partial charge on any atom is 0.168 e. The third kappa shape index (κ3) is 5.47. The SMILES string of the molecule is COc1ccccc1[C@H](c1ccccc1)[C@@H](CN(C)C)C(=O)c1ccccc1.Cl. The molecule has 0 aliphatic rings. The van der Waals surface area contributed by atoms with E-state index in [9.17, 15) is 4.79 Å². The van der Waals surface area contributed by atoms with E-state index in [2.05, 4.69) is 23.1 Å². The van der Waals surface area contributed by atoms with Crippen molar-refractivity contribution in [2.24, 2.45) is 5.92 Å². The van der Waals surface area contributed by atoms with Gasteiger partial charge >= 0.3 is 0 Å². The number of methoxy groups -OCH3 is 1. The van der Waals surface area contributed by atoms with Crippen LogP contribution in [0, 0.1) is 5.92 Å². The van der Waals surface area contributed by atoms with Crippen molar-refractivity contribution in [3.8, 4) is 5.75 Å². The van der Waals surface area contributed by atoms with Gasteiger partial charge < -0.3 is 9.64 Å². The lowest BCUT2D eigenvalue weighted by molar-refractivity contribution is 0.0882. The summed E-state index contributed by atoms with van der Waals surface area (Å²) in [5.41, 5.74) is 2.89. The van der Waals surface area contributed by atoms with Crippen LogP contribution in [-0.4, -0.2) is 38.4 Å². The van der Waals surface area contributed by atoms with Crippen molar-refractivity contribution in [3.63, 3.8) is 0 Å². The molecule has 0 radical (unpaired) electrons. The summed E-state index contributed by atoms with van der Waals surface area (Å²) < 4.78 is 5.66. The van der Waals surface area contributed by atoms with Gasteiger partial charge in [-0.3, -0.25) is 4.79 Å². The second-order valence-corrected chi connectivity index (χ2v) is 7.23. The van der Waals surface area contributed by atoms with Crippen molar-refractivity contribution < 1.29 is 9.53 Å². The highest BCUT2D eigenvalue weighted by Crippen LogP contribution is 2.39. The molecule has 0 N–H and O–H groups in total. The Kier molecular flexibility index (Phi) is 8.44. The van der Waals surface area contributed by atoms with Gasteiger partial charge in [0.2, 0.25) is 0 Å². The smallest absolute Gasteiger partial charge is 0.168 e. The Bertz CT molecular complexity index is 897. The number of rotatable bonds is 8. The largest absolute Gasteiger partial charge is 0.496 e. The van der Waals surface area contributed by atoms with Crippen molar-refractivity contribution in [1.82, 2.24) is 4.90 Å². The monoisotopic (exact) mass is 409 g/mol. The molecule has 3 aromatic carbocycles. The van der Waals surface area contributed by atoms with Gasteiger partial charge in [0.05, 0.1) is 7.11 Å². The first kappa shape index (κ1) is 22.7. The van der Waals surface area contributed by atoms with Gasteiger partial charge in [0.15, 0.2) is 5.78 Å². The number of carbonyl (C=O) groups is 1. The first-order valence-electron chi connectivity index (χ1n) is 9.53. The number of Topliss-reactive ketones (excluding diaryl/α,β-unsaturated/α-hetero) is 1. The van der Waals surface area contributed by atoms with E-state index in [1.165, 1.54) is 0 Å². The van der Waals surface area contributed by atoms with Crippen LogP contribution < -0.4 is 4.74 Å². The number of carbonyl (C=O) groups excluding carboxylic acids is 1. The Hall–Kier alpha value is -2.62. The minimum atomic E-state index is -0.240. The summed E-state index contributed by atoms with van der Waals surface area (Å²) in [5, 5.41) is 0. The van der Waals surface area contributed by atoms with Crippen LogP contribution in [0.15, 0.2) is 84.9 Å². The van der Waals surface area contributed by atoms with E-state index in [4.69, 9.17) is 4.74 Å². The number of ether oxygens (including phenoxy) is 1. The molecule has 0 spiro atoms. The summed E-state index contributed by atoms with van der Waals surface area (Å²) in [4.78, 5) is 15.7. The summed E-state index contributed by atoms with van der Waals surface area (Å²) >= 11 is 0. The molecule has 0 aromatic heterocycles. The molecular formula is C25H28ClNO2. The van der Waals surface area contributed by atoms with Crippen LogP contribution >= 0.6 is 12.4 Å². The van der Waals surface area contributed by atoms with Gasteiger partial charge in [-0.25, -0.2) is 0 Å². The molecule has 152 valence electrons. The van der Waals surface area contributed by atoms with E-state index in [1.807, 2.05) is 80.8 Å². The molecule has 0 amide bonds. The molecule has 0 aliphatic carbocycles. The lowest BCUT2D eigenvalue weighted by Crippen LogP contribution is -2.33. The lowest BCUT2D eigenvalue weighted by atomic mass is 9.76. The Morgan fingerprint density at radius 3 is 2.00 bits per heavy atom. The van der Waals surface area contributed by atoms with Crippen LogP contribution in [0.2, 0.25) is 0 Å². The third-order valence-electron chi connectivity index (χ3n) is 4.99. The zero-order chi connectivity index (χ0) is 19.9. The van der Waals surface area contributed by atoms with Crippen molar-refractivity contribution in [2.75, 3.05) is 27.7 Å². The highest BCUT2D eigenvalue weighted by molar-refractivity contribution is 5.99. The van der Waals surface area contributed by atoms with Crippen molar-refractivity contribution in [2.45, 2.75) is 5.92 Å². The fourth-order valence-electron chi connectivity index (χ4n) is 3.76. The summed E-state index contributed by atoms with van der Waals surface area (Å²) in [7, 11) is 5.70. The Labute approximate surface area is 179 Å². The van der Waals surface area contributed by atoms with Crippen LogP contribution in [0.3, 0.4) is 0 Å². The minimum absolute atomic E-state index is 0. The minimum Gasteiger partial charge on any atom is -0.496 e. The summed E-state index contributed by atoms with van der Waals surface area (Å²) in [5.74, 6) is 0.610. The Morgan fingerprint density at radius 1 is 0.862 bits per heavy atom. The van der Waals surface area contributed by atoms with E-state index >= 15 is 0 Å². The standard InChI is InChI=1S/C25H27NO2.ClH/c1-26(2)18-22(25(27)20-14-8-5-9-15-20)24(19-12-6-4-7-13-19)21-16-10-11-17-23(21)28-3;/h4-17,22,24H,18H2,1-3H3;1H/t22-,24+;/m1./s1. The molecule has 0 saturated carbocycles. The summed E-state index contributed by atoms with van der Waals surface area (Å²) in [6, 6.07) is 27.8. The fourth-order valence-corrected chi connectivity index (χ4v) is 3.76. The van der Waals surface area contributed by atoms with Gasteiger partial charge in [0.1, 0.15) is 5.75 Å². The van der Waals surface area contributed by atoms with Gasteiger partial charge in [0.25, 0.3) is 0 Å². The number of hydrogen-bond acceptors (Lipinski definition) is 3. The molecule has 0 fully saturated rings. The maximum absolute atomic E-state index is 13.6. The molecule has 2 atom stereocenters. The van der Waals surface area contributed by atoms with Crippen LogP contribution in [0.25, 0.3) is 0 Å². The lowest BCUT2D eigenvalue weighted by Gasteiger charge is -2.30. The van der Waals surface area contributed by atoms with Crippen LogP contribution in [0.5, 0.6) is 5.75 Å². The quantitative estimate of drug-likeness (QED) is 0.472. The third-order valence-corrected chi connectivity index (χ3v) is 4.99. The molecule has 0 heterocycles. The normalized spacial score (nSPS) is 12.7. The van der Waals surface area contributed by atoms with Gasteiger partial charge in [-0.1, -0.05) is 78.9 Å². The molecule has 3 rings (SSSR count). The van der Waals surface area contributed by atoms with Gasteiger partial charge in [-0.05, 0) is 25.7 Å². The molecule has 0 unspecified atom stereocenters. The van der Waals surface area contributed by atoms with Gasteiger partial charge in [-0.15, -0.1) is 12.4 Å². The number of ketones is 1. The number of para-hydroxylation sites is 1. The second kappa shape index (κ2) is 10.8. The van der Waals surface area contributed by atoms with Crippen LogP contribution in [0.4, 0.5) is 0 Å². The average molecular weight is 410 g/mol. The van der Waals surface area contributed by atoms with Crippen molar-refractivity contribution >= 4 is 18.2 Å². The van der Waals surface area contributed by atoms with Crippen molar-refractivity contribution in [3.05, 3.63) is 102 Å². The molecule has 4 heteroatoms. The van der Waals surface area contributed by atoms with E-state index in [-0.39, 0.29) is 30.0 Å². The molecule has 0 saturated heterocycles. The number of halogens is 1. The topological polar surface area (TPSA) is 29.5 Å². The van der Waals surface area contributed by atoms with E-state index in [0.29, 0.717) is 6.54 Å². The molecule has 0 aliphatic heterocycles. The Balaban J connectivity index is 0.00000300. The summed E-state index contributed by atoms with van der Waals surface area (Å²) in [6.45, 7) is 0.644. The average Bonchev–Trinajstić information content (AvgIpc) is 2.74. The van der Waals surface area contributed by atoms with Crippen LogP contribution in [-0.2, 0) is 0 Å². The predicted octanol–water partition coefficient (Wildman–Crippen LogP) is 5.31. The predicted molar refractivity (Wildman–Crippen MR) is 121 cm³/mol. The molecule has 29 heavy (non-hydrogen) atoms. The van der Waals surface area contributed by atoms with E-state index < -0.39 is 0 Å². The van der Waals surface area contributed by atoms with Gasteiger partial charge in [-0.2, -0.15) is 0 Å². The maximum atomic E-state index is 13.6. The fraction of sp³-hybridized carbons (Fsp3) is 0.240. The van der Waals surface area contributed by atoms with Crippen LogP contribution in [0.1, 0.15) is 27.4 Å². The van der Waals surface area contributed by atoms with Crippen molar-refractivity contribution in [1.29, 1.82) is 0 Å².